The number of hydrogen-bond donors (Lipinski definition) is 2. The highest BCUT2D eigenvalue weighted by molar-refractivity contribution is 7.10. The molecule has 0 aromatic carbocycles. The van der Waals surface area contributed by atoms with Gasteiger partial charge >= 0.3 is 0 Å². The highest BCUT2D eigenvalue weighted by atomic mass is 35.5. The highest BCUT2D eigenvalue weighted by Gasteiger charge is 2.07. The van der Waals surface area contributed by atoms with Crippen molar-refractivity contribution in [3.63, 3.8) is 0 Å². The molecule has 1 aromatic rings. The summed E-state index contributed by atoms with van der Waals surface area (Å²) in [6.07, 6.45) is 1.18. The monoisotopic (exact) mass is 260 g/mol. The van der Waals surface area contributed by atoms with Crippen LogP contribution < -0.4 is 10.6 Å². The van der Waals surface area contributed by atoms with E-state index in [9.17, 15) is 0 Å². The van der Waals surface area contributed by atoms with Crippen LogP contribution in [0.15, 0.2) is 5.38 Å². The molecule has 0 saturated heterocycles. The van der Waals surface area contributed by atoms with E-state index in [1.807, 2.05) is 0 Å². The average Bonchev–Trinajstić information content (AvgIpc) is 2.58. The zero-order valence-corrected chi connectivity index (χ0v) is 11.8. The third-order valence-corrected chi connectivity index (χ3v) is 4.20. The summed E-state index contributed by atoms with van der Waals surface area (Å²) in [6.45, 7) is 9.39. The molecule has 0 aliphatic heterocycles. The van der Waals surface area contributed by atoms with Gasteiger partial charge < -0.3 is 10.6 Å². The molecule has 4 heteroatoms. The van der Waals surface area contributed by atoms with Gasteiger partial charge in [-0.05, 0) is 37.8 Å². The second kappa shape index (κ2) is 7.28. The molecule has 1 rings (SSSR count). The maximum absolute atomic E-state index is 6.17. The van der Waals surface area contributed by atoms with Crippen molar-refractivity contribution in [3.05, 3.63) is 20.8 Å². The van der Waals surface area contributed by atoms with Gasteiger partial charge in [0.25, 0.3) is 0 Å². The number of rotatable bonds is 7. The Balaban J connectivity index is 2.26. The van der Waals surface area contributed by atoms with Crippen LogP contribution in [0, 0.1) is 6.92 Å². The molecule has 2 N–H and O–H groups in total. The number of halogens is 1. The van der Waals surface area contributed by atoms with Crippen LogP contribution in [-0.2, 0) is 6.54 Å². The molecule has 0 aliphatic rings. The number of aryl methyl sites for hydroxylation is 1. The minimum Gasteiger partial charge on any atom is -0.315 e. The van der Waals surface area contributed by atoms with E-state index in [0.717, 1.165) is 24.7 Å². The smallest absolute Gasteiger partial charge is 0.0587 e. The minimum atomic E-state index is 0.477. The summed E-state index contributed by atoms with van der Waals surface area (Å²) in [7, 11) is 0. The van der Waals surface area contributed by atoms with Crippen molar-refractivity contribution >= 4 is 22.9 Å². The molecule has 92 valence electrons. The fourth-order valence-electron chi connectivity index (χ4n) is 1.44. The molecule has 16 heavy (non-hydrogen) atoms. The largest absolute Gasteiger partial charge is 0.315 e. The van der Waals surface area contributed by atoms with Crippen LogP contribution in [0.3, 0.4) is 0 Å². The minimum absolute atomic E-state index is 0.477. The molecule has 1 heterocycles. The van der Waals surface area contributed by atoms with Gasteiger partial charge in [0.15, 0.2) is 0 Å². The van der Waals surface area contributed by atoms with Crippen LogP contribution in [0.1, 0.15) is 30.7 Å². The second-order valence-corrected chi connectivity index (χ2v) is 5.48. The fourth-order valence-corrected chi connectivity index (χ4v) is 2.62. The van der Waals surface area contributed by atoms with E-state index >= 15 is 0 Å². The predicted molar refractivity (Wildman–Crippen MR) is 73.5 cm³/mol. The standard InChI is InChI=1S/C12H21ClN2S/c1-4-5-14-6-10(3)15-7-11-12(13)9(2)8-16-11/h8,10,14-15H,4-7H2,1-3H3. The Morgan fingerprint density at radius 2 is 2.25 bits per heavy atom. The quantitative estimate of drug-likeness (QED) is 0.736. The summed E-state index contributed by atoms with van der Waals surface area (Å²) in [5.74, 6) is 0. The van der Waals surface area contributed by atoms with Crippen molar-refractivity contribution in [2.75, 3.05) is 13.1 Å². The molecule has 1 atom stereocenters. The van der Waals surface area contributed by atoms with Gasteiger partial charge in [0.2, 0.25) is 0 Å². The van der Waals surface area contributed by atoms with Crippen molar-refractivity contribution < 1.29 is 0 Å². The lowest BCUT2D eigenvalue weighted by atomic mass is 10.3. The van der Waals surface area contributed by atoms with E-state index in [1.165, 1.54) is 16.9 Å². The Hall–Kier alpha value is -0.0900. The third kappa shape index (κ3) is 4.42. The molecular formula is C12H21ClN2S. The van der Waals surface area contributed by atoms with Crippen molar-refractivity contribution in [2.45, 2.75) is 39.8 Å². The molecule has 0 saturated carbocycles. The lowest BCUT2D eigenvalue weighted by Crippen LogP contribution is -2.36. The number of thiophene rings is 1. The summed E-state index contributed by atoms with van der Waals surface area (Å²) in [4.78, 5) is 1.24. The first-order valence-corrected chi connectivity index (χ1v) is 7.07. The number of nitrogens with one attached hydrogen (secondary N) is 2. The molecule has 0 amide bonds. The first-order chi connectivity index (χ1) is 7.65. The van der Waals surface area contributed by atoms with E-state index in [0.29, 0.717) is 6.04 Å². The Kier molecular flexibility index (Phi) is 6.36. The van der Waals surface area contributed by atoms with Gasteiger partial charge in [-0.25, -0.2) is 0 Å². The molecule has 2 nitrogen and oxygen atoms in total. The van der Waals surface area contributed by atoms with Crippen LogP contribution in [-0.4, -0.2) is 19.1 Å². The van der Waals surface area contributed by atoms with E-state index in [4.69, 9.17) is 11.6 Å². The molecular weight excluding hydrogens is 240 g/mol. The van der Waals surface area contributed by atoms with Crippen molar-refractivity contribution in [1.29, 1.82) is 0 Å². The zero-order valence-electron chi connectivity index (χ0n) is 10.3. The van der Waals surface area contributed by atoms with Gasteiger partial charge in [0, 0.05) is 24.0 Å². The predicted octanol–water partition coefficient (Wildman–Crippen LogP) is 3.19. The van der Waals surface area contributed by atoms with E-state index in [-0.39, 0.29) is 0 Å². The van der Waals surface area contributed by atoms with Crippen molar-refractivity contribution in [2.24, 2.45) is 0 Å². The third-order valence-electron chi connectivity index (χ3n) is 2.46. The van der Waals surface area contributed by atoms with E-state index < -0.39 is 0 Å². The van der Waals surface area contributed by atoms with Gasteiger partial charge in [-0.1, -0.05) is 18.5 Å². The topological polar surface area (TPSA) is 24.1 Å². The fraction of sp³-hybridized carbons (Fsp3) is 0.667. The first kappa shape index (κ1) is 14.0. The summed E-state index contributed by atoms with van der Waals surface area (Å²) in [6, 6.07) is 0.477. The van der Waals surface area contributed by atoms with Crippen molar-refractivity contribution in [1.82, 2.24) is 10.6 Å². The maximum atomic E-state index is 6.17. The molecule has 1 unspecified atom stereocenters. The lowest BCUT2D eigenvalue weighted by Gasteiger charge is -2.13. The van der Waals surface area contributed by atoms with Gasteiger partial charge in [0.1, 0.15) is 0 Å². The van der Waals surface area contributed by atoms with E-state index in [1.54, 1.807) is 11.3 Å². The maximum Gasteiger partial charge on any atom is 0.0587 e. The SMILES string of the molecule is CCCNCC(C)NCc1scc(C)c1Cl. The summed E-state index contributed by atoms with van der Waals surface area (Å²) in [5, 5.41) is 9.91. The van der Waals surface area contributed by atoms with Gasteiger partial charge in [-0.3, -0.25) is 0 Å². The Labute approximate surface area is 107 Å². The van der Waals surface area contributed by atoms with Crippen LogP contribution in [0.25, 0.3) is 0 Å². The van der Waals surface area contributed by atoms with Crippen LogP contribution in [0.2, 0.25) is 5.02 Å². The second-order valence-electron chi connectivity index (χ2n) is 4.14. The summed E-state index contributed by atoms with van der Waals surface area (Å²) in [5.41, 5.74) is 1.18. The summed E-state index contributed by atoms with van der Waals surface area (Å²) < 4.78 is 0. The van der Waals surface area contributed by atoms with Crippen LogP contribution in [0.5, 0.6) is 0 Å². The first-order valence-electron chi connectivity index (χ1n) is 5.81. The Morgan fingerprint density at radius 3 is 2.81 bits per heavy atom. The molecule has 0 bridgehead atoms. The Morgan fingerprint density at radius 1 is 1.50 bits per heavy atom. The summed E-state index contributed by atoms with van der Waals surface area (Å²) >= 11 is 7.91. The molecule has 1 aromatic heterocycles. The average molecular weight is 261 g/mol. The molecule has 0 radical (unpaired) electrons. The lowest BCUT2D eigenvalue weighted by molar-refractivity contribution is 0.503. The van der Waals surface area contributed by atoms with Gasteiger partial charge in [-0.2, -0.15) is 0 Å². The van der Waals surface area contributed by atoms with Crippen LogP contribution >= 0.6 is 22.9 Å². The molecule has 0 fully saturated rings. The van der Waals surface area contributed by atoms with Gasteiger partial charge in [0.05, 0.1) is 5.02 Å². The van der Waals surface area contributed by atoms with Crippen LogP contribution in [0.4, 0.5) is 0 Å². The number of hydrogen-bond acceptors (Lipinski definition) is 3. The van der Waals surface area contributed by atoms with Crippen molar-refractivity contribution in [3.8, 4) is 0 Å². The Bertz CT molecular complexity index is 312. The molecule has 0 spiro atoms. The van der Waals surface area contributed by atoms with Gasteiger partial charge in [-0.15, -0.1) is 11.3 Å². The normalized spacial score (nSPS) is 13.0. The molecule has 0 aliphatic carbocycles. The zero-order chi connectivity index (χ0) is 12.0. The highest BCUT2D eigenvalue weighted by Crippen LogP contribution is 2.26. The van der Waals surface area contributed by atoms with E-state index in [2.05, 4.69) is 36.8 Å².